The minimum absolute atomic E-state index is 0.323. The van der Waals surface area contributed by atoms with E-state index in [1.165, 1.54) is 4.90 Å². The highest BCUT2D eigenvalue weighted by Gasteiger charge is 2.29. The first kappa shape index (κ1) is 19.6. The molecule has 1 aliphatic carbocycles. The lowest BCUT2D eigenvalue weighted by molar-refractivity contribution is -0.132. The van der Waals surface area contributed by atoms with E-state index in [0.29, 0.717) is 24.6 Å². The van der Waals surface area contributed by atoms with Crippen LogP contribution in [0.15, 0.2) is 24.3 Å². The van der Waals surface area contributed by atoms with Crippen LogP contribution in [0.1, 0.15) is 40.7 Å². The van der Waals surface area contributed by atoms with Crippen molar-refractivity contribution in [1.29, 1.82) is 0 Å². The first-order chi connectivity index (χ1) is 13.4. The summed E-state index contributed by atoms with van der Waals surface area (Å²) in [7, 11) is 1.64. The maximum absolute atomic E-state index is 11.8. The van der Waals surface area contributed by atoms with Gasteiger partial charge in [-0.1, -0.05) is 24.8 Å². The number of rotatable bonds is 5. The van der Waals surface area contributed by atoms with Crippen LogP contribution in [0.4, 0.5) is 0 Å². The molecule has 0 saturated heterocycles. The molecule has 1 heterocycles. The van der Waals surface area contributed by atoms with Gasteiger partial charge in [-0.2, -0.15) is 5.10 Å². The summed E-state index contributed by atoms with van der Waals surface area (Å²) in [6.07, 6.45) is 2.18. The SMILES string of the molecule is CC1Cc2c(C(N)=O)nn(-c3cccc(C#CCCN(C)C(=O)CO)c3)c2C1. The summed E-state index contributed by atoms with van der Waals surface area (Å²) >= 11 is 0. The minimum Gasteiger partial charge on any atom is -0.387 e. The Bertz CT molecular complexity index is 968. The second kappa shape index (κ2) is 8.28. The molecule has 1 unspecified atom stereocenters. The normalized spacial score (nSPS) is 14.9. The molecule has 1 aliphatic rings. The molecule has 0 fully saturated rings. The molecule has 7 nitrogen and oxygen atoms in total. The number of nitrogens with zero attached hydrogens (tertiary/aromatic N) is 3. The molecule has 7 heteroatoms. The zero-order valence-corrected chi connectivity index (χ0v) is 16.1. The van der Waals surface area contributed by atoms with E-state index in [0.717, 1.165) is 35.3 Å². The number of hydrogen-bond donors (Lipinski definition) is 2. The van der Waals surface area contributed by atoms with Gasteiger partial charge in [0.2, 0.25) is 5.91 Å². The van der Waals surface area contributed by atoms with Gasteiger partial charge in [-0.05, 0) is 37.0 Å². The molecule has 3 rings (SSSR count). The lowest BCUT2D eigenvalue weighted by atomic mass is 10.1. The lowest BCUT2D eigenvalue weighted by Gasteiger charge is -2.13. The van der Waals surface area contributed by atoms with Crippen molar-refractivity contribution < 1.29 is 14.7 Å². The predicted molar refractivity (Wildman–Crippen MR) is 105 cm³/mol. The highest BCUT2D eigenvalue weighted by atomic mass is 16.3. The first-order valence-electron chi connectivity index (χ1n) is 9.25. The third kappa shape index (κ3) is 4.07. The monoisotopic (exact) mass is 380 g/mol. The zero-order valence-electron chi connectivity index (χ0n) is 16.1. The van der Waals surface area contributed by atoms with E-state index in [-0.39, 0.29) is 5.91 Å². The Hall–Kier alpha value is -3.11. The van der Waals surface area contributed by atoms with E-state index in [4.69, 9.17) is 10.8 Å². The van der Waals surface area contributed by atoms with E-state index >= 15 is 0 Å². The van der Waals surface area contributed by atoms with Gasteiger partial charge in [0.05, 0.1) is 5.69 Å². The molecule has 1 aromatic carbocycles. The molecule has 1 atom stereocenters. The molecule has 0 spiro atoms. The Labute approximate surface area is 164 Å². The second-order valence-corrected chi connectivity index (χ2v) is 7.14. The number of aromatic nitrogens is 2. The van der Waals surface area contributed by atoms with Gasteiger partial charge in [0.25, 0.3) is 5.91 Å². The molecule has 3 N–H and O–H groups in total. The quantitative estimate of drug-likeness (QED) is 0.753. The van der Waals surface area contributed by atoms with E-state index < -0.39 is 12.5 Å². The molecule has 0 bridgehead atoms. The van der Waals surface area contributed by atoms with Gasteiger partial charge >= 0.3 is 0 Å². The number of carbonyl (C=O) groups is 2. The van der Waals surface area contributed by atoms with E-state index in [2.05, 4.69) is 23.9 Å². The summed E-state index contributed by atoms with van der Waals surface area (Å²) in [5, 5.41) is 13.3. The standard InChI is InChI=1S/C21H24N4O3/c1-14-10-17-18(11-14)25(23-20(17)21(22)28)16-8-5-7-15(12-16)6-3-4-9-24(2)19(27)13-26/h5,7-8,12,14,26H,4,9-11,13H2,1-2H3,(H2,22,28). The van der Waals surface area contributed by atoms with Crippen molar-refractivity contribution in [3.8, 4) is 17.5 Å². The average Bonchev–Trinajstić information content (AvgIpc) is 3.21. The molecule has 2 amide bonds. The van der Waals surface area contributed by atoms with Gasteiger partial charge in [0.1, 0.15) is 6.61 Å². The number of primary amides is 1. The second-order valence-electron chi connectivity index (χ2n) is 7.14. The zero-order chi connectivity index (χ0) is 20.3. The van der Waals surface area contributed by atoms with Gasteiger partial charge in [-0.15, -0.1) is 0 Å². The largest absolute Gasteiger partial charge is 0.387 e. The number of carbonyl (C=O) groups excluding carboxylic acids is 2. The Kier molecular flexibility index (Phi) is 5.81. The number of aliphatic hydroxyl groups is 1. The summed E-state index contributed by atoms with van der Waals surface area (Å²) in [6.45, 7) is 2.11. The summed E-state index contributed by atoms with van der Waals surface area (Å²) in [4.78, 5) is 24.5. The molecular weight excluding hydrogens is 356 g/mol. The number of hydrogen-bond acceptors (Lipinski definition) is 4. The number of amides is 2. The lowest BCUT2D eigenvalue weighted by Crippen LogP contribution is -2.29. The number of aliphatic hydroxyl groups excluding tert-OH is 1. The van der Waals surface area contributed by atoms with Crippen LogP contribution < -0.4 is 5.73 Å². The van der Waals surface area contributed by atoms with Crippen molar-refractivity contribution >= 4 is 11.8 Å². The fourth-order valence-corrected chi connectivity index (χ4v) is 3.42. The molecule has 0 saturated carbocycles. The first-order valence-corrected chi connectivity index (χ1v) is 9.25. The van der Waals surface area contributed by atoms with Crippen LogP contribution in [-0.2, 0) is 17.6 Å². The molecule has 0 radical (unpaired) electrons. The highest BCUT2D eigenvalue weighted by molar-refractivity contribution is 5.92. The van der Waals surface area contributed by atoms with Gasteiger partial charge in [0.15, 0.2) is 5.69 Å². The summed E-state index contributed by atoms with van der Waals surface area (Å²) in [5.74, 6) is 5.77. The fraction of sp³-hybridized carbons (Fsp3) is 0.381. The fourth-order valence-electron chi connectivity index (χ4n) is 3.42. The van der Waals surface area contributed by atoms with Crippen LogP contribution in [0.2, 0.25) is 0 Å². The maximum atomic E-state index is 11.8. The molecular formula is C21H24N4O3. The van der Waals surface area contributed by atoms with Crippen molar-refractivity contribution in [2.24, 2.45) is 11.7 Å². The van der Waals surface area contributed by atoms with E-state index in [9.17, 15) is 9.59 Å². The topological polar surface area (TPSA) is 101 Å². The smallest absolute Gasteiger partial charge is 0.269 e. The average molecular weight is 380 g/mol. The van der Waals surface area contributed by atoms with Crippen LogP contribution in [-0.4, -0.2) is 51.8 Å². The van der Waals surface area contributed by atoms with Crippen LogP contribution in [0.5, 0.6) is 0 Å². The number of nitrogens with two attached hydrogens (primary N) is 1. The number of fused-ring (bicyclic) bond motifs is 1. The number of likely N-dealkylation sites (N-methyl/N-ethyl adjacent to an activating group) is 1. The van der Waals surface area contributed by atoms with Gasteiger partial charge < -0.3 is 15.7 Å². The van der Waals surface area contributed by atoms with Crippen LogP contribution in [0.25, 0.3) is 5.69 Å². The summed E-state index contributed by atoms with van der Waals surface area (Å²) in [5.41, 5.74) is 9.52. The molecule has 2 aromatic rings. The summed E-state index contributed by atoms with van der Waals surface area (Å²) < 4.78 is 1.80. The van der Waals surface area contributed by atoms with Crippen molar-refractivity contribution in [3.63, 3.8) is 0 Å². The Morgan fingerprint density at radius 1 is 1.39 bits per heavy atom. The summed E-state index contributed by atoms with van der Waals surface area (Å²) in [6, 6.07) is 7.66. The predicted octanol–water partition coefficient (Wildman–Crippen LogP) is 0.898. The van der Waals surface area contributed by atoms with E-state index in [1.54, 1.807) is 11.7 Å². The third-order valence-corrected chi connectivity index (χ3v) is 4.87. The van der Waals surface area contributed by atoms with E-state index in [1.807, 2.05) is 24.3 Å². The number of benzene rings is 1. The Morgan fingerprint density at radius 2 is 2.18 bits per heavy atom. The van der Waals surface area contributed by atoms with Crippen molar-refractivity contribution in [1.82, 2.24) is 14.7 Å². The van der Waals surface area contributed by atoms with Gasteiger partial charge in [-0.25, -0.2) is 4.68 Å². The van der Waals surface area contributed by atoms with Gasteiger partial charge in [-0.3, -0.25) is 9.59 Å². The molecule has 1 aromatic heterocycles. The molecule has 146 valence electrons. The van der Waals surface area contributed by atoms with Crippen LogP contribution in [0, 0.1) is 17.8 Å². The van der Waals surface area contributed by atoms with Crippen LogP contribution in [0.3, 0.4) is 0 Å². The minimum atomic E-state index is -0.499. The van der Waals surface area contributed by atoms with Crippen molar-refractivity contribution in [3.05, 3.63) is 46.8 Å². The van der Waals surface area contributed by atoms with Crippen molar-refractivity contribution in [2.75, 3.05) is 20.2 Å². The Morgan fingerprint density at radius 3 is 2.89 bits per heavy atom. The molecule has 0 aliphatic heterocycles. The Balaban J connectivity index is 1.80. The third-order valence-electron chi connectivity index (χ3n) is 4.87. The van der Waals surface area contributed by atoms with Crippen molar-refractivity contribution in [2.45, 2.75) is 26.2 Å². The van der Waals surface area contributed by atoms with Gasteiger partial charge in [0, 0.05) is 36.8 Å². The van der Waals surface area contributed by atoms with Crippen LogP contribution >= 0.6 is 0 Å². The molecule has 28 heavy (non-hydrogen) atoms. The highest BCUT2D eigenvalue weighted by Crippen LogP contribution is 2.31. The maximum Gasteiger partial charge on any atom is 0.269 e.